The molecule has 1 aliphatic heterocycles. The molecule has 9 heteroatoms. The molecule has 0 spiro atoms. The standard InChI is InChI=1S/C24H25ClF2N6/c1-15(30-12-16-5-7-18(26)8-6-16)31-13-21-23(28)33(14-17-9-10-29-11-17)24(32-21)22-19(25)3-2-4-20(22)27/h2-8,13,17,29-30H,1,9-12,14,28H2. The summed E-state index contributed by atoms with van der Waals surface area (Å²) in [7, 11) is 0. The molecule has 0 aliphatic carbocycles. The average molecular weight is 471 g/mol. The van der Waals surface area contributed by atoms with Crippen LogP contribution in [0.2, 0.25) is 5.02 Å². The summed E-state index contributed by atoms with van der Waals surface area (Å²) in [5, 5.41) is 6.65. The van der Waals surface area contributed by atoms with Crippen molar-refractivity contribution in [1.29, 1.82) is 0 Å². The van der Waals surface area contributed by atoms with Gasteiger partial charge in [-0.2, -0.15) is 0 Å². The van der Waals surface area contributed by atoms with Crippen LogP contribution in [0.15, 0.2) is 59.9 Å². The summed E-state index contributed by atoms with van der Waals surface area (Å²) >= 11 is 6.32. The number of nitrogens with zero attached hydrogens (tertiary/aromatic N) is 3. The number of hydrogen-bond donors (Lipinski definition) is 3. The van der Waals surface area contributed by atoms with Crippen LogP contribution in [0.3, 0.4) is 0 Å². The molecular formula is C24H25ClF2N6. The summed E-state index contributed by atoms with van der Waals surface area (Å²) in [5.74, 6) is 0.731. The number of nitrogens with two attached hydrogens (primary N) is 1. The van der Waals surface area contributed by atoms with Gasteiger partial charge in [0.1, 0.15) is 34.8 Å². The van der Waals surface area contributed by atoms with Crippen molar-refractivity contribution >= 4 is 23.6 Å². The van der Waals surface area contributed by atoms with E-state index in [-0.39, 0.29) is 16.4 Å². The predicted molar refractivity (Wildman–Crippen MR) is 128 cm³/mol. The summed E-state index contributed by atoms with van der Waals surface area (Å²) in [4.78, 5) is 8.89. The Balaban J connectivity index is 1.58. The first-order valence-electron chi connectivity index (χ1n) is 10.6. The van der Waals surface area contributed by atoms with Crippen molar-refractivity contribution < 1.29 is 8.78 Å². The molecule has 2 heterocycles. The zero-order valence-electron chi connectivity index (χ0n) is 18.0. The molecule has 1 aromatic heterocycles. The fourth-order valence-corrected chi connectivity index (χ4v) is 4.03. The monoisotopic (exact) mass is 470 g/mol. The van der Waals surface area contributed by atoms with E-state index in [4.69, 9.17) is 17.3 Å². The van der Waals surface area contributed by atoms with Crippen molar-refractivity contribution in [1.82, 2.24) is 20.2 Å². The Morgan fingerprint density at radius 2 is 2.09 bits per heavy atom. The number of benzene rings is 2. The van der Waals surface area contributed by atoms with Gasteiger partial charge in [0.25, 0.3) is 0 Å². The quantitative estimate of drug-likeness (QED) is 0.427. The zero-order chi connectivity index (χ0) is 23.4. The van der Waals surface area contributed by atoms with Gasteiger partial charge in [0.15, 0.2) is 0 Å². The molecular weight excluding hydrogens is 446 g/mol. The van der Waals surface area contributed by atoms with Gasteiger partial charge in [-0.05, 0) is 55.3 Å². The number of nitrogens with one attached hydrogen (secondary N) is 2. The number of aromatic nitrogens is 2. The molecule has 6 nitrogen and oxygen atoms in total. The number of rotatable bonds is 8. The van der Waals surface area contributed by atoms with E-state index in [0.29, 0.717) is 42.2 Å². The molecule has 1 fully saturated rings. The first-order valence-corrected chi connectivity index (χ1v) is 11.0. The molecule has 0 radical (unpaired) electrons. The Morgan fingerprint density at radius 3 is 2.79 bits per heavy atom. The molecule has 0 amide bonds. The van der Waals surface area contributed by atoms with E-state index in [1.807, 2.05) is 0 Å². The van der Waals surface area contributed by atoms with E-state index in [9.17, 15) is 8.78 Å². The first kappa shape index (κ1) is 22.9. The second kappa shape index (κ2) is 10.1. The van der Waals surface area contributed by atoms with Crippen molar-refractivity contribution in [3.63, 3.8) is 0 Å². The van der Waals surface area contributed by atoms with Gasteiger partial charge in [-0.25, -0.2) is 18.8 Å². The van der Waals surface area contributed by atoms with Gasteiger partial charge < -0.3 is 20.9 Å². The molecule has 172 valence electrons. The molecule has 4 N–H and O–H groups in total. The lowest BCUT2D eigenvalue weighted by Crippen LogP contribution is -2.17. The highest BCUT2D eigenvalue weighted by Crippen LogP contribution is 2.33. The summed E-state index contributed by atoms with van der Waals surface area (Å²) < 4.78 is 29.6. The van der Waals surface area contributed by atoms with Crippen molar-refractivity contribution in [2.45, 2.75) is 19.5 Å². The first-order chi connectivity index (χ1) is 15.9. The van der Waals surface area contributed by atoms with Gasteiger partial charge in [-0.1, -0.05) is 36.4 Å². The van der Waals surface area contributed by atoms with Crippen LogP contribution in [0.4, 0.5) is 14.6 Å². The van der Waals surface area contributed by atoms with Crippen LogP contribution in [0.5, 0.6) is 0 Å². The Kier molecular flexibility index (Phi) is 7.05. The van der Waals surface area contributed by atoms with Crippen molar-refractivity contribution in [3.05, 3.63) is 82.8 Å². The summed E-state index contributed by atoms with van der Waals surface area (Å²) in [6.45, 7) is 6.70. The van der Waals surface area contributed by atoms with Gasteiger partial charge in [0.2, 0.25) is 0 Å². The second-order valence-electron chi connectivity index (χ2n) is 7.96. The van der Waals surface area contributed by atoms with Crippen molar-refractivity contribution in [3.8, 4) is 11.4 Å². The lowest BCUT2D eigenvalue weighted by molar-refractivity contribution is 0.487. The Labute approximate surface area is 196 Å². The summed E-state index contributed by atoms with van der Waals surface area (Å²) in [6, 6.07) is 10.7. The molecule has 1 aliphatic rings. The third-order valence-electron chi connectivity index (χ3n) is 5.58. The Hall–Kier alpha value is -3.23. The van der Waals surface area contributed by atoms with Crippen LogP contribution in [-0.2, 0) is 13.1 Å². The molecule has 2 aromatic carbocycles. The molecule has 3 aromatic rings. The van der Waals surface area contributed by atoms with Crippen LogP contribution >= 0.6 is 11.6 Å². The van der Waals surface area contributed by atoms with Crippen molar-refractivity contribution in [2.24, 2.45) is 10.9 Å². The average Bonchev–Trinajstić information content (AvgIpc) is 3.41. The van der Waals surface area contributed by atoms with Gasteiger partial charge in [0, 0.05) is 13.1 Å². The smallest absolute Gasteiger partial charge is 0.146 e. The summed E-state index contributed by atoms with van der Waals surface area (Å²) in [5.41, 5.74) is 7.93. The molecule has 0 saturated carbocycles. The highest BCUT2D eigenvalue weighted by Gasteiger charge is 2.24. The normalized spacial score (nSPS) is 15.9. The highest BCUT2D eigenvalue weighted by atomic mass is 35.5. The van der Waals surface area contributed by atoms with E-state index < -0.39 is 5.82 Å². The van der Waals surface area contributed by atoms with Gasteiger partial charge >= 0.3 is 0 Å². The topological polar surface area (TPSA) is 80.3 Å². The van der Waals surface area contributed by atoms with Crippen LogP contribution < -0.4 is 16.4 Å². The maximum Gasteiger partial charge on any atom is 0.146 e. The van der Waals surface area contributed by atoms with Crippen LogP contribution in [0.25, 0.3) is 11.4 Å². The fraction of sp³-hybridized carbons (Fsp3) is 0.250. The van der Waals surface area contributed by atoms with E-state index >= 15 is 0 Å². The number of nitrogen functional groups attached to an aromatic ring is 1. The van der Waals surface area contributed by atoms with E-state index in [1.54, 1.807) is 28.8 Å². The Bertz CT molecular complexity index is 1150. The molecule has 0 bridgehead atoms. The van der Waals surface area contributed by atoms with Crippen LogP contribution in [-0.4, -0.2) is 28.9 Å². The molecule has 1 atom stereocenters. The van der Waals surface area contributed by atoms with E-state index in [1.165, 1.54) is 24.4 Å². The van der Waals surface area contributed by atoms with Gasteiger partial charge in [0.05, 0.1) is 16.8 Å². The SMILES string of the molecule is C=C(N=Cc1nc(-c2c(F)cccc2Cl)n(CC2CCNC2)c1N)NCc1ccc(F)cc1. The molecule has 4 rings (SSSR count). The third kappa shape index (κ3) is 5.40. The van der Waals surface area contributed by atoms with Gasteiger partial charge in [-0.3, -0.25) is 0 Å². The van der Waals surface area contributed by atoms with Crippen molar-refractivity contribution in [2.75, 3.05) is 18.8 Å². The highest BCUT2D eigenvalue weighted by molar-refractivity contribution is 6.33. The molecule has 1 saturated heterocycles. The fourth-order valence-electron chi connectivity index (χ4n) is 3.79. The summed E-state index contributed by atoms with van der Waals surface area (Å²) in [6.07, 6.45) is 2.49. The minimum atomic E-state index is -0.466. The van der Waals surface area contributed by atoms with E-state index in [2.05, 4.69) is 27.2 Å². The zero-order valence-corrected chi connectivity index (χ0v) is 18.7. The number of anilines is 1. The minimum Gasteiger partial charge on any atom is -0.383 e. The lowest BCUT2D eigenvalue weighted by Gasteiger charge is -2.15. The Morgan fingerprint density at radius 1 is 1.30 bits per heavy atom. The lowest BCUT2D eigenvalue weighted by atomic mass is 10.1. The number of aliphatic imine (C=N–C) groups is 1. The number of hydrogen-bond acceptors (Lipinski definition) is 5. The van der Waals surface area contributed by atoms with Crippen LogP contribution in [0.1, 0.15) is 17.7 Å². The minimum absolute atomic E-state index is 0.213. The number of imidazole rings is 1. The number of halogens is 3. The molecule has 1 unspecified atom stereocenters. The predicted octanol–water partition coefficient (Wildman–Crippen LogP) is 4.35. The largest absolute Gasteiger partial charge is 0.383 e. The maximum absolute atomic E-state index is 14.7. The second-order valence-corrected chi connectivity index (χ2v) is 8.36. The van der Waals surface area contributed by atoms with E-state index in [0.717, 1.165) is 25.1 Å². The molecule has 33 heavy (non-hydrogen) atoms. The third-order valence-corrected chi connectivity index (χ3v) is 5.89. The maximum atomic E-state index is 14.7. The van der Waals surface area contributed by atoms with Gasteiger partial charge in [-0.15, -0.1) is 0 Å². The van der Waals surface area contributed by atoms with Crippen LogP contribution in [0, 0.1) is 17.6 Å².